The fourth-order valence-corrected chi connectivity index (χ4v) is 2.95. The molecule has 0 saturated heterocycles. The standard InChI is InChI=1S/C12H10Cl3NOS/c1-6-3-8(4-7(2)10(6)14)17-12-16-11(15)9(5-13)18-12/h3-4H,5H2,1-2H3. The molecule has 0 amide bonds. The molecule has 0 bridgehead atoms. The summed E-state index contributed by atoms with van der Waals surface area (Å²) >= 11 is 19.1. The van der Waals surface area contributed by atoms with E-state index in [4.69, 9.17) is 39.5 Å². The largest absolute Gasteiger partial charge is 0.431 e. The number of ether oxygens (including phenoxy) is 1. The molecule has 0 aliphatic carbocycles. The minimum atomic E-state index is 0.332. The van der Waals surface area contributed by atoms with E-state index in [1.54, 1.807) is 0 Å². The highest BCUT2D eigenvalue weighted by Gasteiger charge is 2.11. The van der Waals surface area contributed by atoms with Crippen molar-refractivity contribution < 1.29 is 4.74 Å². The third-order valence-electron chi connectivity index (χ3n) is 2.37. The van der Waals surface area contributed by atoms with Gasteiger partial charge in [0.2, 0.25) is 0 Å². The van der Waals surface area contributed by atoms with Crippen molar-refractivity contribution in [3.8, 4) is 10.9 Å². The molecule has 0 radical (unpaired) electrons. The first kappa shape index (κ1) is 13.9. The Morgan fingerprint density at radius 3 is 2.33 bits per heavy atom. The molecule has 18 heavy (non-hydrogen) atoms. The summed E-state index contributed by atoms with van der Waals surface area (Å²) in [4.78, 5) is 4.90. The first-order valence-electron chi connectivity index (χ1n) is 5.17. The first-order valence-corrected chi connectivity index (χ1v) is 7.27. The van der Waals surface area contributed by atoms with E-state index in [0.29, 0.717) is 22.0 Å². The molecule has 1 aromatic carbocycles. The Kier molecular flexibility index (Phi) is 4.38. The second-order valence-electron chi connectivity index (χ2n) is 3.80. The van der Waals surface area contributed by atoms with Crippen LogP contribution in [-0.2, 0) is 5.88 Å². The van der Waals surface area contributed by atoms with Crippen molar-refractivity contribution in [1.82, 2.24) is 4.98 Å². The Morgan fingerprint density at radius 2 is 1.83 bits per heavy atom. The highest BCUT2D eigenvalue weighted by atomic mass is 35.5. The number of benzene rings is 1. The van der Waals surface area contributed by atoms with Crippen molar-refractivity contribution in [1.29, 1.82) is 0 Å². The molecule has 0 atom stereocenters. The lowest BCUT2D eigenvalue weighted by Crippen LogP contribution is -1.87. The molecule has 0 spiro atoms. The molecule has 0 aliphatic heterocycles. The van der Waals surface area contributed by atoms with Gasteiger partial charge >= 0.3 is 0 Å². The fourth-order valence-electron chi connectivity index (χ4n) is 1.50. The monoisotopic (exact) mass is 321 g/mol. The van der Waals surface area contributed by atoms with E-state index < -0.39 is 0 Å². The van der Waals surface area contributed by atoms with Crippen molar-refractivity contribution in [3.63, 3.8) is 0 Å². The summed E-state index contributed by atoms with van der Waals surface area (Å²) in [6.07, 6.45) is 0. The zero-order valence-corrected chi connectivity index (χ0v) is 12.8. The van der Waals surface area contributed by atoms with E-state index in [1.807, 2.05) is 26.0 Å². The smallest absolute Gasteiger partial charge is 0.280 e. The van der Waals surface area contributed by atoms with Crippen LogP contribution in [0.5, 0.6) is 10.9 Å². The summed E-state index contributed by atoms with van der Waals surface area (Å²) in [6.45, 7) is 3.86. The zero-order valence-electron chi connectivity index (χ0n) is 9.76. The highest BCUT2D eigenvalue weighted by molar-refractivity contribution is 7.14. The van der Waals surface area contributed by atoms with Crippen LogP contribution >= 0.6 is 46.1 Å². The number of aromatic nitrogens is 1. The predicted molar refractivity (Wildman–Crippen MR) is 77.7 cm³/mol. The number of alkyl halides is 1. The molecule has 0 aliphatic rings. The normalized spacial score (nSPS) is 10.7. The van der Waals surface area contributed by atoms with E-state index in [1.165, 1.54) is 11.3 Å². The average molecular weight is 323 g/mol. The zero-order chi connectivity index (χ0) is 13.3. The van der Waals surface area contributed by atoms with Gasteiger partial charge in [0.15, 0.2) is 0 Å². The summed E-state index contributed by atoms with van der Waals surface area (Å²) in [6, 6.07) is 3.73. The molecule has 1 heterocycles. The third-order valence-corrected chi connectivity index (χ3v) is 4.75. The number of hydrogen-bond acceptors (Lipinski definition) is 3. The summed E-state index contributed by atoms with van der Waals surface area (Å²) < 4.78 is 5.66. The molecular formula is C12H10Cl3NOS. The van der Waals surface area contributed by atoms with Crippen LogP contribution in [0.15, 0.2) is 12.1 Å². The lowest BCUT2D eigenvalue weighted by Gasteiger charge is -2.07. The maximum Gasteiger partial charge on any atom is 0.280 e. The van der Waals surface area contributed by atoms with Crippen LogP contribution in [0.1, 0.15) is 16.0 Å². The van der Waals surface area contributed by atoms with Crippen LogP contribution in [0.3, 0.4) is 0 Å². The van der Waals surface area contributed by atoms with Crippen molar-refractivity contribution >= 4 is 46.1 Å². The van der Waals surface area contributed by atoms with Crippen LogP contribution in [0, 0.1) is 13.8 Å². The number of halogens is 3. The Labute approximate surface area is 124 Å². The van der Waals surface area contributed by atoms with Gasteiger partial charge in [0.1, 0.15) is 10.9 Å². The molecule has 0 saturated carbocycles. The van der Waals surface area contributed by atoms with Crippen LogP contribution in [0.2, 0.25) is 10.2 Å². The molecule has 6 heteroatoms. The van der Waals surface area contributed by atoms with Gasteiger partial charge in [-0.15, -0.1) is 11.6 Å². The predicted octanol–water partition coefficient (Wildman–Crippen LogP) is 5.60. The number of thiazole rings is 1. The molecule has 96 valence electrons. The average Bonchev–Trinajstić information content (AvgIpc) is 2.66. The Morgan fingerprint density at radius 1 is 1.22 bits per heavy atom. The minimum absolute atomic E-state index is 0.332. The van der Waals surface area contributed by atoms with Crippen molar-refractivity contribution in [2.24, 2.45) is 0 Å². The highest BCUT2D eigenvalue weighted by Crippen LogP contribution is 2.34. The van der Waals surface area contributed by atoms with Crippen LogP contribution < -0.4 is 4.74 Å². The molecule has 2 aromatic rings. The van der Waals surface area contributed by atoms with E-state index >= 15 is 0 Å². The molecule has 2 rings (SSSR count). The van der Waals surface area contributed by atoms with E-state index in [2.05, 4.69) is 4.98 Å². The van der Waals surface area contributed by atoms with Crippen molar-refractivity contribution in [2.75, 3.05) is 0 Å². The summed E-state index contributed by atoms with van der Waals surface area (Å²) in [5.74, 6) is 1.03. The van der Waals surface area contributed by atoms with E-state index in [0.717, 1.165) is 21.0 Å². The first-order chi connectivity index (χ1) is 8.51. The van der Waals surface area contributed by atoms with Gasteiger partial charge in [0.05, 0.1) is 10.8 Å². The van der Waals surface area contributed by atoms with E-state index in [9.17, 15) is 0 Å². The quantitative estimate of drug-likeness (QED) is 0.686. The van der Waals surface area contributed by atoms with E-state index in [-0.39, 0.29) is 0 Å². The Hall–Kier alpha value is -0.480. The van der Waals surface area contributed by atoms with Crippen molar-refractivity contribution in [2.45, 2.75) is 19.7 Å². The number of rotatable bonds is 3. The molecule has 0 N–H and O–H groups in total. The maximum atomic E-state index is 6.10. The van der Waals surface area contributed by atoms with Gasteiger partial charge in [0, 0.05) is 5.02 Å². The van der Waals surface area contributed by atoms with Gasteiger partial charge < -0.3 is 4.74 Å². The number of aryl methyl sites for hydroxylation is 2. The lowest BCUT2D eigenvalue weighted by atomic mass is 10.1. The minimum Gasteiger partial charge on any atom is -0.431 e. The third kappa shape index (κ3) is 2.91. The van der Waals surface area contributed by atoms with Gasteiger partial charge in [-0.2, -0.15) is 4.98 Å². The van der Waals surface area contributed by atoms with Gasteiger partial charge in [-0.3, -0.25) is 0 Å². The summed E-state index contributed by atoms with van der Waals surface area (Å²) in [7, 11) is 0. The lowest BCUT2D eigenvalue weighted by molar-refractivity contribution is 0.478. The molecule has 1 aromatic heterocycles. The Balaban J connectivity index is 2.28. The second kappa shape index (κ2) is 5.66. The Bertz CT molecular complexity index is 560. The number of nitrogens with zero attached hydrogens (tertiary/aromatic N) is 1. The van der Waals surface area contributed by atoms with Gasteiger partial charge in [-0.05, 0) is 37.1 Å². The molecule has 0 fully saturated rings. The van der Waals surface area contributed by atoms with Crippen molar-refractivity contribution in [3.05, 3.63) is 38.3 Å². The second-order valence-corrected chi connectivity index (χ2v) is 5.85. The summed E-state index contributed by atoms with van der Waals surface area (Å²) in [5.41, 5.74) is 1.93. The van der Waals surface area contributed by atoms with Gasteiger partial charge in [-0.1, -0.05) is 34.5 Å². The molecule has 2 nitrogen and oxygen atoms in total. The summed E-state index contributed by atoms with van der Waals surface area (Å²) in [5, 5.41) is 1.63. The number of hydrogen-bond donors (Lipinski definition) is 0. The SMILES string of the molecule is Cc1cc(Oc2nc(Cl)c(CCl)s2)cc(C)c1Cl. The van der Waals surface area contributed by atoms with Crippen LogP contribution in [-0.4, -0.2) is 4.98 Å². The van der Waals surface area contributed by atoms with Crippen LogP contribution in [0.4, 0.5) is 0 Å². The maximum absolute atomic E-state index is 6.10. The molecule has 0 unspecified atom stereocenters. The van der Waals surface area contributed by atoms with Crippen LogP contribution in [0.25, 0.3) is 0 Å². The van der Waals surface area contributed by atoms with Gasteiger partial charge in [-0.25, -0.2) is 0 Å². The topological polar surface area (TPSA) is 22.1 Å². The van der Waals surface area contributed by atoms with Gasteiger partial charge in [0.25, 0.3) is 5.19 Å². The molecular weight excluding hydrogens is 313 g/mol. The fraction of sp³-hybridized carbons (Fsp3) is 0.250.